The van der Waals surface area contributed by atoms with Gasteiger partial charge in [0.05, 0.1) is 11.5 Å². The second-order valence-electron chi connectivity index (χ2n) is 10.9. The molecule has 0 bridgehead atoms. The molecule has 1 saturated carbocycles. The normalized spacial score (nSPS) is 22.9. The molecule has 3 aliphatic rings. The first-order valence-corrected chi connectivity index (χ1v) is 13.7. The molecule has 34 heavy (non-hydrogen) atoms. The Kier molecular flexibility index (Phi) is 9.91. The van der Waals surface area contributed by atoms with Gasteiger partial charge in [0.2, 0.25) is 0 Å². The van der Waals surface area contributed by atoms with Crippen molar-refractivity contribution in [1.29, 1.82) is 0 Å². The molecule has 0 amide bonds. The number of carbonyl (C=O) groups is 1. The number of aliphatic hydroxyl groups excluding tert-OH is 1. The van der Waals surface area contributed by atoms with Crippen LogP contribution in [0.25, 0.3) is 0 Å². The van der Waals surface area contributed by atoms with Gasteiger partial charge in [0, 0.05) is 12.8 Å². The summed E-state index contributed by atoms with van der Waals surface area (Å²) in [5.41, 5.74) is 2.66. The highest BCUT2D eigenvalue weighted by Crippen LogP contribution is 2.34. The summed E-state index contributed by atoms with van der Waals surface area (Å²) in [7, 11) is 0. The second kappa shape index (κ2) is 12.7. The molecule has 1 N–H and O–H groups in total. The SMILES string of the molecule is CCC(CCCC(C)C1=CC=C(OC(C)C(=O)OC2(C)CCCCC2)CC1)C1=CC=C(O)CC1. The van der Waals surface area contributed by atoms with Gasteiger partial charge in [-0.05, 0) is 95.6 Å². The topological polar surface area (TPSA) is 55.8 Å². The van der Waals surface area contributed by atoms with E-state index in [1.54, 1.807) is 6.92 Å². The van der Waals surface area contributed by atoms with Crippen LogP contribution in [0.1, 0.15) is 111 Å². The van der Waals surface area contributed by atoms with Crippen LogP contribution in [-0.4, -0.2) is 22.8 Å². The molecule has 3 atom stereocenters. The van der Waals surface area contributed by atoms with Crippen molar-refractivity contribution in [2.24, 2.45) is 11.8 Å². The zero-order valence-corrected chi connectivity index (χ0v) is 21.9. The molecule has 0 aromatic rings. The first-order valence-electron chi connectivity index (χ1n) is 13.7. The summed E-state index contributed by atoms with van der Waals surface area (Å²) in [6, 6.07) is 0. The molecule has 4 nitrogen and oxygen atoms in total. The minimum atomic E-state index is -0.561. The Morgan fingerprint density at radius 2 is 1.68 bits per heavy atom. The highest BCUT2D eigenvalue weighted by Gasteiger charge is 2.33. The van der Waals surface area contributed by atoms with Crippen LogP contribution in [0.3, 0.4) is 0 Å². The van der Waals surface area contributed by atoms with Crippen molar-refractivity contribution in [3.63, 3.8) is 0 Å². The molecule has 0 aromatic carbocycles. The number of esters is 1. The Bertz CT molecular complexity index is 810. The van der Waals surface area contributed by atoms with Crippen molar-refractivity contribution in [3.05, 3.63) is 47.0 Å². The number of aliphatic hydroxyl groups is 1. The maximum Gasteiger partial charge on any atom is 0.347 e. The maximum absolute atomic E-state index is 12.6. The van der Waals surface area contributed by atoms with E-state index in [1.807, 2.05) is 6.08 Å². The van der Waals surface area contributed by atoms with Gasteiger partial charge in [0.15, 0.2) is 6.10 Å². The summed E-state index contributed by atoms with van der Waals surface area (Å²) in [4.78, 5) is 12.6. The van der Waals surface area contributed by atoms with Crippen LogP contribution in [0.5, 0.6) is 0 Å². The fourth-order valence-corrected chi connectivity index (χ4v) is 5.64. The van der Waals surface area contributed by atoms with E-state index in [0.717, 1.165) is 57.1 Å². The molecule has 0 saturated heterocycles. The Morgan fingerprint density at radius 1 is 0.971 bits per heavy atom. The second-order valence-corrected chi connectivity index (χ2v) is 10.9. The molecular formula is C30H46O4. The van der Waals surface area contributed by atoms with E-state index in [0.29, 0.717) is 17.6 Å². The molecule has 1 fully saturated rings. The van der Waals surface area contributed by atoms with Crippen LogP contribution in [0.2, 0.25) is 0 Å². The first-order chi connectivity index (χ1) is 16.3. The summed E-state index contributed by atoms with van der Waals surface area (Å²) in [5.74, 6) is 2.36. The fourth-order valence-electron chi connectivity index (χ4n) is 5.64. The van der Waals surface area contributed by atoms with Gasteiger partial charge < -0.3 is 14.6 Å². The van der Waals surface area contributed by atoms with Crippen LogP contribution >= 0.6 is 0 Å². The lowest BCUT2D eigenvalue weighted by Crippen LogP contribution is -2.37. The van der Waals surface area contributed by atoms with Gasteiger partial charge in [-0.25, -0.2) is 4.79 Å². The number of hydrogen-bond donors (Lipinski definition) is 1. The molecule has 3 rings (SSSR count). The van der Waals surface area contributed by atoms with Gasteiger partial charge in [-0.2, -0.15) is 0 Å². The molecule has 3 unspecified atom stereocenters. The Hall–Kier alpha value is -1.97. The average Bonchev–Trinajstić information content (AvgIpc) is 2.83. The van der Waals surface area contributed by atoms with E-state index in [2.05, 4.69) is 39.0 Å². The Morgan fingerprint density at radius 3 is 2.29 bits per heavy atom. The maximum atomic E-state index is 12.6. The third-order valence-electron chi connectivity index (χ3n) is 8.06. The predicted octanol–water partition coefficient (Wildman–Crippen LogP) is 8.26. The zero-order chi connectivity index (χ0) is 24.6. The van der Waals surface area contributed by atoms with Gasteiger partial charge in [-0.1, -0.05) is 50.0 Å². The third kappa shape index (κ3) is 7.78. The van der Waals surface area contributed by atoms with Crippen molar-refractivity contribution >= 4 is 5.97 Å². The molecule has 0 spiro atoms. The predicted molar refractivity (Wildman–Crippen MR) is 138 cm³/mol. The summed E-state index contributed by atoms with van der Waals surface area (Å²) < 4.78 is 11.8. The van der Waals surface area contributed by atoms with Crippen LogP contribution in [0.4, 0.5) is 0 Å². The lowest BCUT2D eigenvalue weighted by Gasteiger charge is -2.34. The lowest BCUT2D eigenvalue weighted by atomic mass is 9.83. The summed E-state index contributed by atoms with van der Waals surface area (Å²) in [6.07, 6.45) is 21.6. The third-order valence-corrected chi connectivity index (χ3v) is 8.06. The highest BCUT2D eigenvalue weighted by atomic mass is 16.6. The Labute approximate surface area is 207 Å². The molecular weight excluding hydrogens is 424 g/mol. The average molecular weight is 471 g/mol. The number of hydrogen-bond acceptors (Lipinski definition) is 4. The largest absolute Gasteiger partial charge is 0.512 e. The molecule has 4 heteroatoms. The van der Waals surface area contributed by atoms with Gasteiger partial charge in [0.25, 0.3) is 0 Å². The lowest BCUT2D eigenvalue weighted by molar-refractivity contribution is -0.171. The molecule has 0 heterocycles. The van der Waals surface area contributed by atoms with Crippen molar-refractivity contribution in [3.8, 4) is 0 Å². The van der Waals surface area contributed by atoms with Crippen LogP contribution in [0, 0.1) is 11.8 Å². The van der Waals surface area contributed by atoms with E-state index in [9.17, 15) is 9.90 Å². The van der Waals surface area contributed by atoms with E-state index < -0.39 is 6.10 Å². The van der Waals surface area contributed by atoms with Gasteiger partial charge in [-0.3, -0.25) is 0 Å². The summed E-state index contributed by atoms with van der Waals surface area (Å²) in [5, 5.41) is 9.62. The van der Waals surface area contributed by atoms with Crippen molar-refractivity contribution in [2.75, 3.05) is 0 Å². The van der Waals surface area contributed by atoms with Crippen molar-refractivity contribution < 1.29 is 19.4 Å². The minimum absolute atomic E-state index is 0.238. The number of rotatable bonds is 11. The molecule has 3 aliphatic carbocycles. The minimum Gasteiger partial charge on any atom is -0.512 e. The molecule has 0 aliphatic heterocycles. The molecule has 190 valence electrons. The smallest absolute Gasteiger partial charge is 0.347 e. The monoisotopic (exact) mass is 470 g/mol. The van der Waals surface area contributed by atoms with E-state index in [1.165, 1.54) is 43.3 Å². The molecule has 0 aromatic heterocycles. The van der Waals surface area contributed by atoms with Gasteiger partial charge in [0.1, 0.15) is 5.60 Å². The fraction of sp³-hybridized carbons (Fsp3) is 0.700. The molecule has 0 radical (unpaired) electrons. The van der Waals surface area contributed by atoms with Gasteiger partial charge in [-0.15, -0.1) is 0 Å². The summed E-state index contributed by atoms with van der Waals surface area (Å²) >= 11 is 0. The quantitative estimate of drug-likeness (QED) is 0.309. The van der Waals surface area contributed by atoms with Crippen molar-refractivity contribution in [2.45, 2.75) is 123 Å². The van der Waals surface area contributed by atoms with Gasteiger partial charge >= 0.3 is 5.97 Å². The van der Waals surface area contributed by atoms with E-state index in [4.69, 9.17) is 9.47 Å². The van der Waals surface area contributed by atoms with E-state index >= 15 is 0 Å². The van der Waals surface area contributed by atoms with E-state index in [-0.39, 0.29) is 11.6 Å². The number of allylic oxidation sites excluding steroid dienone is 8. The van der Waals surface area contributed by atoms with Crippen LogP contribution < -0.4 is 0 Å². The Balaban J connectivity index is 1.43. The highest BCUT2D eigenvalue weighted by molar-refractivity contribution is 5.74. The number of ether oxygens (including phenoxy) is 2. The zero-order valence-electron chi connectivity index (χ0n) is 21.9. The summed E-state index contributed by atoms with van der Waals surface area (Å²) in [6.45, 7) is 8.47. The van der Waals surface area contributed by atoms with Crippen molar-refractivity contribution in [1.82, 2.24) is 0 Å². The standard InChI is InChI=1S/C30H46O4/c1-5-24(26-12-16-27(31)17-13-26)11-9-10-22(2)25-14-18-28(19-15-25)33-23(3)29(32)34-30(4)20-7-6-8-21-30/h12,14,16,18,22-24,31H,5-11,13,15,17,19-21H2,1-4H3. The first kappa shape index (κ1) is 26.6. The van der Waals surface area contributed by atoms with Crippen LogP contribution in [-0.2, 0) is 14.3 Å². The number of carbonyl (C=O) groups excluding carboxylic acids is 1. The van der Waals surface area contributed by atoms with Crippen LogP contribution in [0.15, 0.2) is 47.0 Å².